The fourth-order valence-electron chi connectivity index (χ4n) is 3.46. The Kier molecular flexibility index (Phi) is 3.29. The van der Waals surface area contributed by atoms with E-state index in [2.05, 4.69) is 9.88 Å². The lowest BCUT2D eigenvalue weighted by atomic mass is 9.76. The zero-order chi connectivity index (χ0) is 15.3. The largest absolute Gasteiger partial charge is 0.481 e. The van der Waals surface area contributed by atoms with Crippen LogP contribution in [-0.4, -0.2) is 42.4 Å². The number of carboxylic acids is 1. The molecular weight excluding hydrogens is 324 g/mol. The summed E-state index contributed by atoms with van der Waals surface area (Å²) in [5, 5.41) is 11.3. The van der Waals surface area contributed by atoms with Crippen molar-refractivity contribution < 1.29 is 14.6 Å². The van der Waals surface area contributed by atoms with Gasteiger partial charge in [-0.15, -0.1) is 0 Å². The van der Waals surface area contributed by atoms with Gasteiger partial charge in [0.1, 0.15) is 5.41 Å². The quantitative estimate of drug-likeness (QED) is 0.912. The Morgan fingerprint density at radius 1 is 1.55 bits per heavy atom. The van der Waals surface area contributed by atoms with E-state index in [1.54, 1.807) is 11.3 Å². The number of rotatable bonds is 2. The molecule has 2 fully saturated rings. The summed E-state index contributed by atoms with van der Waals surface area (Å²) in [7, 11) is 0. The van der Waals surface area contributed by atoms with Crippen LogP contribution in [0, 0.1) is 11.3 Å². The SMILES string of the molecule is O=C(O)[C@]12COCC[C@H]1CN(c1nc3ccc(Cl)cc3s1)C2. The van der Waals surface area contributed by atoms with Gasteiger partial charge in [-0.1, -0.05) is 22.9 Å². The van der Waals surface area contributed by atoms with Gasteiger partial charge >= 0.3 is 5.97 Å². The number of aliphatic carboxylic acids is 1. The van der Waals surface area contributed by atoms with Crippen molar-refractivity contribution in [2.75, 3.05) is 31.2 Å². The molecule has 1 aromatic carbocycles. The summed E-state index contributed by atoms with van der Waals surface area (Å²) >= 11 is 7.58. The molecule has 2 aliphatic heterocycles. The molecule has 2 aliphatic rings. The van der Waals surface area contributed by atoms with Gasteiger partial charge in [0.2, 0.25) is 0 Å². The fourth-order valence-corrected chi connectivity index (χ4v) is 4.71. The van der Waals surface area contributed by atoms with Gasteiger partial charge < -0.3 is 14.7 Å². The fraction of sp³-hybridized carbons (Fsp3) is 0.467. The minimum Gasteiger partial charge on any atom is -0.481 e. The predicted octanol–water partition coefficient (Wildman–Crippen LogP) is 2.88. The third kappa shape index (κ3) is 2.09. The number of ether oxygens (including phenoxy) is 1. The van der Waals surface area contributed by atoms with Crippen molar-refractivity contribution in [3.05, 3.63) is 23.2 Å². The van der Waals surface area contributed by atoms with Gasteiger partial charge in [0.05, 0.1) is 16.8 Å². The lowest BCUT2D eigenvalue weighted by Gasteiger charge is -2.33. The maximum atomic E-state index is 11.8. The number of aromatic nitrogens is 1. The van der Waals surface area contributed by atoms with E-state index >= 15 is 0 Å². The Bertz CT molecular complexity index is 749. The molecule has 1 aromatic heterocycles. The average molecular weight is 339 g/mol. The van der Waals surface area contributed by atoms with Crippen LogP contribution in [0.5, 0.6) is 0 Å². The molecule has 1 N–H and O–H groups in total. The molecule has 7 heteroatoms. The molecule has 0 aliphatic carbocycles. The molecule has 2 saturated heterocycles. The van der Waals surface area contributed by atoms with Crippen molar-refractivity contribution in [1.29, 1.82) is 0 Å². The van der Waals surface area contributed by atoms with E-state index in [1.807, 2.05) is 18.2 Å². The van der Waals surface area contributed by atoms with Crippen molar-refractivity contribution in [2.24, 2.45) is 11.3 Å². The molecule has 0 spiro atoms. The van der Waals surface area contributed by atoms with Crippen LogP contribution in [0.2, 0.25) is 5.02 Å². The van der Waals surface area contributed by atoms with Crippen molar-refractivity contribution >= 4 is 44.3 Å². The first kappa shape index (κ1) is 14.2. The third-order valence-corrected chi connectivity index (χ3v) is 6.02. The number of halogens is 1. The van der Waals surface area contributed by atoms with Crippen molar-refractivity contribution in [2.45, 2.75) is 6.42 Å². The van der Waals surface area contributed by atoms with Crippen LogP contribution in [0.1, 0.15) is 6.42 Å². The van der Waals surface area contributed by atoms with Crippen LogP contribution >= 0.6 is 22.9 Å². The van der Waals surface area contributed by atoms with E-state index in [-0.39, 0.29) is 5.92 Å². The molecular formula is C15H15ClN2O3S. The summed E-state index contributed by atoms with van der Waals surface area (Å²) in [6, 6.07) is 5.62. The van der Waals surface area contributed by atoms with Gasteiger partial charge in [0.15, 0.2) is 5.13 Å². The number of carboxylic acid groups (broad SMARTS) is 1. The zero-order valence-electron chi connectivity index (χ0n) is 11.8. The summed E-state index contributed by atoms with van der Waals surface area (Å²) in [5.41, 5.74) is 0.105. The van der Waals surface area contributed by atoms with E-state index in [0.717, 1.165) is 28.3 Å². The number of carbonyl (C=O) groups is 1. The van der Waals surface area contributed by atoms with E-state index in [1.165, 1.54) is 0 Å². The van der Waals surface area contributed by atoms with E-state index < -0.39 is 11.4 Å². The second-order valence-electron chi connectivity index (χ2n) is 5.99. The zero-order valence-corrected chi connectivity index (χ0v) is 13.4. The van der Waals surface area contributed by atoms with Gasteiger partial charge in [-0.25, -0.2) is 4.98 Å². The second-order valence-corrected chi connectivity index (χ2v) is 7.43. The smallest absolute Gasteiger partial charge is 0.314 e. The van der Waals surface area contributed by atoms with Gasteiger partial charge in [0.25, 0.3) is 0 Å². The number of hydrogen-bond acceptors (Lipinski definition) is 5. The Hall–Kier alpha value is -1.37. The highest BCUT2D eigenvalue weighted by Gasteiger charge is 2.54. The molecule has 2 aromatic rings. The van der Waals surface area contributed by atoms with Gasteiger partial charge in [-0.3, -0.25) is 4.79 Å². The average Bonchev–Trinajstić information content (AvgIpc) is 3.08. The lowest BCUT2D eigenvalue weighted by Crippen LogP contribution is -2.46. The van der Waals surface area contributed by atoms with Crippen molar-refractivity contribution in [1.82, 2.24) is 4.98 Å². The molecule has 3 heterocycles. The molecule has 0 amide bonds. The lowest BCUT2D eigenvalue weighted by molar-refractivity contribution is -0.159. The number of anilines is 1. The van der Waals surface area contributed by atoms with Crippen LogP contribution in [0.4, 0.5) is 5.13 Å². The van der Waals surface area contributed by atoms with Gasteiger partial charge in [-0.05, 0) is 30.5 Å². The minimum absolute atomic E-state index is 0.120. The molecule has 0 unspecified atom stereocenters. The molecule has 2 atom stereocenters. The van der Waals surface area contributed by atoms with Crippen LogP contribution < -0.4 is 4.90 Å². The monoisotopic (exact) mass is 338 g/mol. The third-order valence-electron chi connectivity index (χ3n) is 4.70. The van der Waals surface area contributed by atoms with Crippen molar-refractivity contribution in [3.63, 3.8) is 0 Å². The maximum Gasteiger partial charge on any atom is 0.314 e. The van der Waals surface area contributed by atoms with Crippen LogP contribution in [-0.2, 0) is 9.53 Å². The first-order chi connectivity index (χ1) is 10.6. The highest BCUT2D eigenvalue weighted by molar-refractivity contribution is 7.22. The maximum absolute atomic E-state index is 11.8. The topological polar surface area (TPSA) is 62.7 Å². The molecule has 22 heavy (non-hydrogen) atoms. The number of nitrogens with zero attached hydrogens (tertiary/aromatic N) is 2. The summed E-state index contributed by atoms with van der Waals surface area (Å²) in [4.78, 5) is 18.5. The van der Waals surface area contributed by atoms with E-state index in [4.69, 9.17) is 16.3 Å². The highest BCUT2D eigenvalue weighted by atomic mass is 35.5. The van der Waals surface area contributed by atoms with E-state index in [9.17, 15) is 9.90 Å². The summed E-state index contributed by atoms with van der Waals surface area (Å²) in [6.45, 7) is 2.12. The van der Waals surface area contributed by atoms with E-state index in [0.29, 0.717) is 24.8 Å². The number of hydrogen-bond donors (Lipinski definition) is 1. The summed E-state index contributed by atoms with van der Waals surface area (Å²) in [5.74, 6) is -0.641. The van der Waals surface area contributed by atoms with Crippen molar-refractivity contribution in [3.8, 4) is 0 Å². The molecule has 0 saturated carbocycles. The molecule has 116 valence electrons. The number of benzene rings is 1. The summed E-state index contributed by atoms with van der Waals surface area (Å²) < 4.78 is 6.49. The highest BCUT2D eigenvalue weighted by Crippen LogP contribution is 2.44. The Balaban J connectivity index is 1.69. The van der Waals surface area contributed by atoms with Gasteiger partial charge in [0, 0.05) is 24.7 Å². The Labute approximate surface area is 136 Å². The molecule has 4 rings (SSSR count). The Morgan fingerprint density at radius 2 is 2.41 bits per heavy atom. The van der Waals surface area contributed by atoms with Gasteiger partial charge in [-0.2, -0.15) is 0 Å². The molecule has 5 nitrogen and oxygen atoms in total. The minimum atomic E-state index is -0.798. The molecule has 0 radical (unpaired) electrons. The Morgan fingerprint density at radius 3 is 3.18 bits per heavy atom. The second kappa shape index (κ2) is 5.08. The first-order valence-corrected chi connectivity index (χ1v) is 8.40. The van der Waals surface area contributed by atoms with Crippen LogP contribution in [0.3, 0.4) is 0 Å². The first-order valence-electron chi connectivity index (χ1n) is 7.21. The number of fused-ring (bicyclic) bond motifs is 2. The van der Waals surface area contributed by atoms with Crippen LogP contribution in [0.25, 0.3) is 10.2 Å². The van der Waals surface area contributed by atoms with Crippen LogP contribution in [0.15, 0.2) is 18.2 Å². The molecule has 0 bridgehead atoms. The number of thiazole rings is 1. The standard InChI is InChI=1S/C15H15ClN2O3S/c16-10-1-2-11-12(5-10)22-14(17-11)18-6-9-3-4-21-8-15(9,7-18)13(19)20/h1-2,5,9H,3-4,6-8H2,(H,19,20)/t9-,15+/m0/s1. The summed E-state index contributed by atoms with van der Waals surface area (Å²) in [6.07, 6.45) is 0.791. The normalized spacial score (nSPS) is 28.0. The predicted molar refractivity (Wildman–Crippen MR) is 85.8 cm³/mol.